The summed E-state index contributed by atoms with van der Waals surface area (Å²) in [6.45, 7) is 5.15. The molecule has 0 aromatic heterocycles. The van der Waals surface area contributed by atoms with E-state index in [0.29, 0.717) is 18.2 Å². The molecule has 0 aliphatic carbocycles. The molecule has 0 atom stereocenters. The first-order valence-corrected chi connectivity index (χ1v) is 8.30. The van der Waals surface area contributed by atoms with E-state index < -0.39 is 17.5 Å². The van der Waals surface area contributed by atoms with E-state index in [1.54, 1.807) is 0 Å². The van der Waals surface area contributed by atoms with Crippen molar-refractivity contribution >= 4 is 17.4 Å². The normalized spacial score (nSPS) is 13.9. The molecule has 0 unspecified atom stereocenters. The third-order valence-electron chi connectivity index (χ3n) is 4.42. The number of hydrogen-bond donors (Lipinski definition) is 0. The number of anilines is 1. The van der Waals surface area contributed by atoms with Gasteiger partial charge >= 0.3 is 5.91 Å². The van der Waals surface area contributed by atoms with Gasteiger partial charge in [0.15, 0.2) is 0 Å². The molecule has 1 aliphatic rings. The molecule has 130 valence electrons. The lowest BCUT2D eigenvalue weighted by molar-refractivity contribution is -0.114. The van der Waals surface area contributed by atoms with Gasteiger partial charge in [0.2, 0.25) is 0 Å². The molecule has 3 rings (SSSR count). The summed E-state index contributed by atoms with van der Waals surface area (Å²) >= 11 is 0. The number of carbonyl (C=O) groups excluding carboxylic acids is 2. The first-order chi connectivity index (χ1) is 11.9. The Balaban J connectivity index is 1.73. The molecule has 0 spiro atoms. The second kappa shape index (κ2) is 6.76. The van der Waals surface area contributed by atoms with E-state index in [-0.39, 0.29) is 12.2 Å². The lowest BCUT2D eigenvalue weighted by atomic mass is 10.0. The number of nitrogens with zero attached hydrogens (tertiary/aromatic N) is 2. The zero-order chi connectivity index (χ0) is 18.1. The summed E-state index contributed by atoms with van der Waals surface area (Å²) < 4.78 is 13.5. The summed E-state index contributed by atoms with van der Waals surface area (Å²) in [7, 11) is 1.87. The highest BCUT2D eigenvalue weighted by Gasteiger charge is 2.36. The van der Waals surface area contributed by atoms with E-state index in [9.17, 15) is 14.0 Å². The van der Waals surface area contributed by atoms with Gasteiger partial charge in [-0.25, -0.2) is 4.39 Å². The van der Waals surface area contributed by atoms with Crippen molar-refractivity contribution in [2.45, 2.75) is 26.3 Å². The van der Waals surface area contributed by atoms with Crippen molar-refractivity contribution in [1.29, 1.82) is 0 Å². The van der Waals surface area contributed by atoms with Crippen molar-refractivity contribution in [3.63, 3.8) is 0 Å². The molecule has 1 heterocycles. The van der Waals surface area contributed by atoms with Gasteiger partial charge in [0.1, 0.15) is 5.82 Å². The largest absolute Gasteiger partial charge is 0.300 e. The summed E-state index contributed by atoms with van der Waals surface area (Å²) in [5.74, 6) is -1.17. The maximum Gasteiger partial charge on any atom is 0.300 e. The van der Waals surface area contributed by atoms with Crippen molar-refractivity contribution in [1.82, 2.24) is 4.90 Å². The second-order valence-corrected chi connectivity index (χ2v) is 6.78. The quantitative estimate of drug-likeness (QED) is 0.781. The summed E-state index contributed by atoms with van der Waals surface area (Å²) in [5.41, 5.74) is 3.00. The molecule has 0 saturated heterocycles. The van der Waals surface area contributed by atoms with Gasteiger partial charge in [-0.2, -0.15) is 0 Å². The van der Waals surface area contributed by atoms with Crippen LogP contribution in [0.1, 0.15) is 41.3 Å². The molecule has 2 aromatic carbocycles. The summed E-state index contributed by atoms with van der Waals surface area (Å²) in [4.78, 5) is 27.5. The van der Waals surface area contributed by atoms with Gasteiger partial charge in [0, 0.05) is 6.54 Å². The van der Waals surface area contributed by atoms with Gasteiger partial charge < -0.3 is 0 Å². The maximum absolute atomic E-state index is 13.5. The number of carbonyl (C=O) groups is 2. The van der Waals surface area contributed by atoms with Crippen LogP contribution < -0.4 is 4.90 Å². The predicted octanol–water partition coefficient (Wildman–Crippen LogP) is 3.57. The van der Waals surface area contributed by atoms with Crippen molar-refractivity contribution < 1.29 is 14.0 Å². The number of halogens is 1. The monoisotopic (exact) mass is 340 g/mol. The van der Waals surface area contributed by atoms with Crippen molar-refractivity contribution in [3.8, 4) is 0 Å². The fraction of sp³-hybridized carbons (Fsp3) is 0.300. The molecule has 0 bridgehead atoms. The zero-order valence-electron chi connectivity index (χ0n) is 14.6. The third kappa shape index (κ3) is 3.46. The zero-order valence-corrected chi connectivity index (χ0v) is 14.6. The van der Waals surface area contributed by atoms with Crippen LogP contribution in [0.3, 0.4) is 0 Å². The van der Waals surface area contributed by atoms with Gasteiger partial charge in [-0.3, -0.25) is 19.4 Å². The van der Waals surface area contributed by atoms with Crippen LogP contribution in [0.4, 0.5) is 10.1 Å². The van der Waals surface area contributed by atoms with Crippen LogP contribution in [0.2, 0.25) is 0 Å². The molecule has 0 fully saturated rings. The highest BCUT2D eigenvalue weighted by molar-refractivity contribution is 6.52. The number of rotatable bonds is 5. The number of ketones is 1. The number of amides is 1. The molecule has 5 heteroatoms. The Hall–Kier alpha value is -2.53. The third-order valence-corrected chi connectivity index (χ3v) is 4.42. The highest BCUT2D eigenvalue weighted by Crippen LogP contribution is 2.29. The minimum absolute atomic E-state index is 0.229. The first-order valence-electron chi connectivity index (χ1n) is 8.30. The topological polar surface area (TPSA) is 40.6 Å². The minimum atomic E-state index is -0.609. The average Bonchev–Trinajstić information content (AvgIpc) is 2.80. The van der Waals surface area contributed by atoms with Gasteiger partial charge in [-0.1, -0.05) is 38.1 Å². The summed E-state index contributed by atoms with van der Waals surface area (Å²) in [6.07, 6.45) is 0. The molecule has 4 nitrogen and oxygen atoms in total. The van der Waals surface area contributed by atoms with Crippen LogP contribution in [0, 0.1) is 5.82 Å². The number of fused-ring (bicyclic) bond motifs is 1. The standard InChI is InChI=1S/C20H21FN2O2/c1-13(2)15-6-4-14(5-7-15)11-22(3)12-23-18-10-16(21)8-9-17(18)19(24)20(23)25/h4-10,13H,11-12H2,1-3H3. The molecule has 0 saturated carbocycles. The van der Waals surface area contributed by atoms with E-state index in [4.69, 9.17) is 0 Å². The highest BCUT2D eigenvalue weighted by atomic mass is 19.1. The Morgan fingerprint density at radius 2 is 1.76 bits per heavy atom. The maximum atomic E-state index is 13.5. The average molecular weight is 340 g/mol. The predicted molar refractivity (Wildman–Crippen MR) is 95.1 cm³/mol. The number of hydrogen-bond acceptors (Lipinski definition) is 3. The van der Waals surface area contributed by atoms with Crippen molar-refractivity contribution in [2.75, 3.05) is 18.6 Å². The van der Waals surface area contributed by atoms with Crippen LogP contribution in [0.25, 0.3) is 0 Å². The fourth-order valence-corrected chi connectivity index (χ4v) is 3.02. The molecule has 1 aliphatic heterocycles. The number of Topliss-reactive ketones (excluding diaryl/α,β-unsaturated/α-hetero) is 1. The van der Waals surface area contributed by atoms with Crippen LogP contribution in [0.15, 0.2) is 42.5 Å². The Bertz CT molecular complexity index is 815. The molecular weight excluding hydrogens is 319 g/mol. The molecule has 1 amide bonds. The van der Waals surface area contributed by atoms with Crippen molar-refractivity contribution in [2.24, 2.45) is 0 Å². The Morgan fingerprint density at radius 1 is 1.08 bits per heavy atom. The van der Waals surface area contributed by atoms with E-state index in [1.807, 2.05) is 11.9 Å². The summed E-state index contributed by atoms with van der Waals surface area (Å²) in [6, 6.07) is 12.1. The van der Waals surface area contributed by atoms with E-state index in [2.05, 4.69) is 38.1 Å². The van der Waals surface area contributed by atoms with Crippen molar-refractivity contribution in [3.05, 3.63) is 65.0 Å². The minimum Gasteiger partial charge on any atom is -0.291 e. The molecule has 25 heavy (non-hydrogen) atoms. The molecule has 0 radical (unpaired) electrons. The smallest absolute Gasteiger partial charge is 0.291 e. The lowest BCUT2D eigenvalue weighted by Gasteiger charge is -2.24. The molecular formula is C20H21FN2O2. The second-order valence-electron chi connectivity index (χ2n) is 6.78. The van der Waals surface area contributed by atoms with E-state index in [1.165, 1.54) is 28.7 Å². The number of benzene rings is 2. The Kier molecular flexibility index (Phi) is 4.68. The first kappa shape index (κ1) is 17.3. The van der Waals surface area contributed by atoms with E-state index in [0.717, 1.165) is 5.56 Å². The molecule has 0 N–H and O–H groups in total. The fourth-order valence-electron chi connectivity index (χ4n) is 3.02. The SMILES string of the molecule is CC(C)c1ccc(CN(C)CN2C(=O)C(=O)c3ccc(F)cc32)cc1. The molecule has 2 aromatic rings. The Labute approximate surface area is 146 Å². The van der Waals surface area contributed by atoms with Gasteiger partial charge in [-0.15, -0.1) is 0 Å². The lowest BCUT2D eigenvalue weighted by Crippen LogP contribution is -2.38. The van der Waals surface area contributed by atoms with Crippen LogP contribution in [-0.2, 0) is 11.3 Å². The van der Waals surface area contributed by atoms with Gasteiger partial charge in [0.25, 0.3) is 5.78 Å². The van der Waals surface area contributed by atoms with Crippen LogP contribution in [0.5, 0.6) is 0 Å². The Morgan fingerprint density at radius 3 is 2.40 bits per heavy atom. The van der Waals surface area contributed by atoms with E-state index >= 15 is 0 Å². The van der Waals surface area contributed by atoms with Gasteiger partial charge in [-0.05, 0) is 42.3 Å². The van der Waals surface area contributed by atoms with Gasteiger partial charge in [0.05, 0.1) is 17.9 Å². The summed E-state index contributed by atoms with van der Waals surface area (Å²) in [5, 5.41) is 0. The van der Waals surface area contributed by atoms with Crippen LogP contribution in [-0.4, -0.2) is 30.3 Å². The van der Waals surface area contributed by atoms with Crippen LogP contribution >= 0.6 is 0 Å².